The minimum atomic E-state index is -1.61. The molecule has 1 aromatic rings. The van der Waals surface area contributed by atoms with Crippen molar-refractivity contribution in [3.8, 4) is 0 Å². The van der Waals surface area contributed by atoms with E-state index < -0.39 is 35.2 Å². The number of aromatic nitrogens is 2. The summed E-state index contributed by atoms with van der Waals surface area (Å²) < 4.78 is 11.5. The molecule has 22 heavy (non-hydrogen) atoms. The van der Waals surface area contributed by atoms with Gasteiger partial charge in [0.05, 0.1) is 13.2 Å². The van der Waals surface area contributed by atoms with Gasteiger partial charge >= 0.3 is 11.7 Å². The number of rotatable bonds is 4. The normalized spacial score (nSPS) is 27.6. The van der Waals surface area contributed by atoms with E-state index in [1.807, 2.05) is 0 Å². The van der Waals surface area contributed by atoms with Crippen molar-refractivity contribution >= 4 is 5.97 Å². The molecule has 0 saturated carbocycles. The molecular formula is C14H18N2O6. The summed E-state index contributed by atoms with van der Waals surface area (Å²) in [6.45, 7) is 5.09. The molecule has 0 aromatic carbocycles. The van der Waals surface area contributed by atoms with Crippen molar-refractivity contribution in [2.24, 2.45) is 0 Å². The Kier molecular flexibility index (Phi) is 4.34. The van der Waals surface area contributed by atoms with Gasteiger partial charge in [0.25, 0.3) is 5.56 Å². The monoisotopic (exact) mass is 310 g/mol. The van der Waals surface area contributed by atoms with Gasteiger partial charge < -0.3 is 14.6 Å². The van der Waals surface area contributed by atoms with Crippen LogP contribution in [-0.4, -0.2) is 39.4 Å². The quantitative estimate of drug-likeness (QED) is 0.579. The van der Waals surface area contributed by atoms with Crippen molar-refractivity contribution in [1.82, 2.24) is 9.55 Å². The van der Waals surface area contributed by atoms with Gasteiger partial charge in [-0.05, 0) is 6.92 Å². The first-order valence-electron chi connectivity index (χ1n) is 6.73. The van der Waals surface area contributed by atoms with Crippen LogP contribution in [0.15, 0.2) is 28.4 Å². The highest BCUT2D eigenvalue weighted by Gasteiger charge is 2.54. The van der Waals surface area contributed by atoms with Crippen molar-refractivity contribution < 1.29 is 19.4 Å². The second-order valence-electron chi connectivity index (χ2n) is 5.18. The average Bonchev–Trinajstić information content (AvgIpc) is 2.80. The van der Waals surface area contributed by atoms with Crippen molar-refractivity contribution in [3.05, 3.63) is 45.3 Å². The van der Waals surface area contributed by atoms with E-state index in [9.17, 15) is 19.5 Å². The van der Waals surface area contributed by atoms with E-state index in [2.05, 4.69) is 11.6 Å². The van der Waals surface area contributed by atoms with Gasteiger partial charge in [-0.1, -0.05) is 6.08 Å². The lowest BCUT2D eigenvalue weighted by atomic mass is 9.93. The standard InChI is InChI=1S/C14H18N2O6/c1-4-5-14(12(19)21-3)9(17)6-10(22-14)16-7-8(2)11(18)15-13(16)20/h4,7,9-10,17H,1,5-6H2,2-3H3,(H,15,18,20)/t9-,10-,14-/m1/s1. The number of esters is 1. The minimum absolute atomic E-state index is 0.00826. The molecular weight excluding hydrogens is 292 g/mol. The number of nitrogens with zero attached hydrogens (tertiary/aromatic N) is 1. The van der Waals surface area contributed by atoms with E-state index in [4.69, 9.17) is 9.47 Å². The number of hydrogen-bond donors (Lipinski definition) is 2. The van der Waals surface area contributed by atoms with Crippen LogP contribution in [0.4, 0.5) is 0 Å². The van der Waals surface area contributed by atoms with E-state index >= 15 is 0 Å². The van der Waals surface area contributed by atoms with E-state index in [1.54, 1.807) is 0 Å². The fraction of sp³-hybridized carbons (Fsp3) is 0.500. The van der Waals surface area contributed by atoms with Gasteiger partial charge in [0, 0.05) is 24.6 Å². The van der Waals surface area contributed by atoms with Crippen LogP contribution in [0, 0.1) is 6.92 Å². The lowest BCUT2D eigenvalue weighted by molar-refractivity contribution is -0.180. The first kappa shape index (κ1) is 16.2. The second-order valence-corrected chi connectivity index (χ2v) is 5.18. The average molecular weight is 310 g/mol. The summed E-state index contributed by atoms with van der Waals surface area (Å²) in [7, 11) is 1.19. The van der Waals surface area contributed by atoms with Gasteiger partial charge in [-0.2, -0.15) is 0 Å². The third-order valence-corrected chi connectivity index (χ3v) is 3.74. The number of aromatic amines is 1. The number of ether oxygens (including phenoxy) is 2. The molecule has 2 heterocycles. The van der Waals surface area contributed by atoms with Crippen LogP contribution in [-0.2, 0) is 14.3 Å². The Labute approximate surface area is 126 Å². The molecule has 8 heteroatoms. The van der Waals surface area contributed by atoms with Crippen LogP contribution in [0.25, 0.3) is 0 Å². The molecule has 0 unspecified atom stereocenters. The van der Waals surface area contributed by atoms with Gasteiger partial charge in [0.1, 0.15) is 6.23 Å². The third-order valence-electron chi connectivity index (χ3n) is 3.74. The van der Waals surface area contributed by atoms with Crippen LogP contribution in [0.1, 0.15) is 24.6 Å². The van der Waals surface area contributed by atoms with Crippen molar-refractivity contribution in [3.63, 3.8) is 0 Å². The maximum atomic E-state index is 12.0. The molecule has 2 rings (SSSR count). The Bertz CT molecular complexity index is 706. The summed E-state index contributed by atoms with van der Waals surface area (Å²) in [6.07, 6.45) is 0.755. The van der Waals surface area contributed by atoms with Gasteiger partial charge in [-0.25, -0.2) is 9.59 Å². The largest absolute Gasteiger partial charge is 0.467 e. The fourth-order valence-corrected chi connectivity index (χ4v) is 2.56. The highest BCUT2D eigenvalue weighted by molar-refractivity contribution is 5.81. The van der Waals surface area contributed by atoms with Crippen molar-refractivity contribution in [2.45, 2.75) is 37.7 Å². The maximum Gasteiger partial charge on any atom is 0.341 e. The van der Waals surface area contributed by atoms with Crippen molar-refractivity contribution in [2.75, 3.05) is 7.11 Å². The highest BCUT2D eigenvalue weighted by Crippen LogP contribution is 2.39. The van der Waals surface area contributed by atoms with Crippen LogP contribution in [0.2, 0.25) is 0 Å². The number of carbonyl (C=O) groups excluding carboxylic acids is 1. The first-order chi connectivity index (χ1) is 10.4. The SMILES string of the molecule is C=CC[C@@]1(C(=O)OC)O[C@@H](n2cc(C)c(=O)[nH]c2=O)C[C@H]1O. The minimum Gasteiger partial charge on any atom is -0.467 e. The number of aliphatic hydroxyl groups excluding tert-OH is 1. The summed E-state index contributed by atoms with van der Waals surface area (Å²) in [6, 6.07) is 0. The van der Waals surface area contributed by atoms with Crippen LogP contribution in [0.5, 0.6) is 0 Å². The van der Waals surface area contributed by atoms with Gasteiger partial charge in [-0.15, -0.1) is 6.58 Å². The molecule has 0 bridgehead atoms. The molecule has 8 nitrogen and oxygen atoms in total. The second kappa shape index (κ2) is 5.90. The predicted octanol–water partition coefficient (Wildman–Crippen LogP) is -0.387. The Hall–Kier alpha value is -2.19. The first-order valence-corrected chi connectivity index (χ1v) is 6.73. The number of hydrogen-bond acceptors (Lipinski definition) is 6. The Morgan fingerprint density at radius 2 is 2.36 bits per heavy atom. The number of H-pyrrole nitrogens is 1. The van der Waals surface area contributed by atoms with E-state index in [0.29, 0.717) is 5.56 Å². The molecule has 1 fully saturated rings. The smallest absolute Gasteiger partial charge is 0.341 e. The summed E-state index contributed by atoms with van der Waals surface area (Å²) >= 11 is 0. The number of carbonyl (C=O) groups is 1. The van der Waals surface area contributed by atoms with Crippen LogP contribution >= 0.6 is 0 Å². The van der Waals surface area contributed by atoms with Crippen LogP contribution < -0.4 is 11.2 Å². The molecule has 1 saturated heterocycles. The fourth-order valence-electron chi connectivity index (χ4n) is 2.56. The zero-order valence-corrected chi connectivity index (χ0v) is 12.4. The third kappa shape index (κ3) is 2.51. The van der Waals surface area contributed by atoms with E-state index in [1.165, 1.54) is 26.3 Å². The Balaban J connectivity index is 2.43. The summed E-state index contributed by atoms with van der Waals surface area (Å²) in [5, 5.41) is 10.3. The maximum absolute atomic E-state index is 12.0. The predicted molar refractivity (Wildman–Crippen MR) is 76.4 cm³/mol. The topological polar surface area (TPSA) is 111 Å². The molecule has 0 radical (unpaired) electrons. The van der Waals surface area contributed by atoms with E-state index in [0.717, 1.165) is 4.57 Å². The van der Waals surface area contributed by atoms with Crippen LogP contribution in [0.3, 0.4) is 0 Å². The number of nitrogens with one attached hydrogen (secondary N) is 1. The number of aliphatic hydroxyl groups is 1. The zero-order valence-electron chi connectivity index (χ0n) is 12.4. The lowest BCUT2D eigenvalue weighted by Gasteiger charge is -2.28. The van der Waals surface area contributed by atoms with Gasteiger partial charge in [0.15, 0.2) is 5.60 Å². The Morgan fingerprint density at radius 1 is 1.68 bits per heavy atom. The zero-order chi connectivity index (χ0) is 16.5. The molecule has 2 N–H and O–H groups in total. The summed E-state index contributed by atoms with van der Waals surface area (Å²) in [5.74, 6) is -0.739. The number of methoxy groups -OCH3 is 1. The molecule has 0 spiro atoms. The van der Waals surface area contributed by atoms with Crippen molar-refractivity contribution in [1.29, 1.82) is 0 Å². The lowest BCUT2D eigenvalue weighted by Crippen LogP contribution is -2.47. The Morgan fingerprint density at radius 3 is 2.95 bits per heavy atom. The summed E-state index contributed by atoms with van der Waals surface area (Å²) in [5.41, 5.74) is -2.46. The van der Waals surface area contributed by atoms with Gasteiger partial charge in [-0.3, -0.25) is 14.3 Å². The van der Waals surface area contributed by atoms with E-state index in [-0.39, 0.29) is 12.8 Å². The van der Waals surface area contributed by atoms with Gasteiger partial charge in [0.2, 0.25) is 0 Å². The molecule has 1 aliphatic rings. The molecule has 120 valence electrons. The molecule has 1 aromatic heterocycles. The molecule has 1 aliphatic heterocycles. The number of aryl methyl sites for hydroxylation is 1. The molecule has 3 atom stereocenters. The molecule has 0 aliphatic carbocycles. The molecule has 0 amide bonds. The summed E-state index contributed by atoms with van der Waals surface area (Å²) in [4.78, 5) is 37.5. The highest BCUT2D eigenvalue weighted by atomic mass is 16.6.